The number of fused-ring (bicyclic) bond motifs is 1. The smallest absolute Gasteiger partial charge is 0.268 e. The molecule has 1 aliphatic rings. The number of hydrogen-bond donors (Lipinski definition) is 2. The number of hydrogen-bond acceptors (Lipinski definition) is 4. The molecule has 1 heterocycles. The van der Waals surface area contributed by atoms with Gasteiger partial charge in [0, 0.05) is 0 Å². The fraction of sp³-hybridized carbons (Fsp3) is 0.300. The molecular formula is C20H22N2O4. The van der Waals surface area contributed by atoms with Gasteiger partial charge in [0.2, 0.25) is 0 Å². The van der Waals surface area contributed by atoms with Gasteiger partial charge in [-0.15, -0.1) is 0 Å². The number of carbonyl (C=O) groups is 2. The van der Waals surface area contributed by atoms with Crippen molar-refractivity contribution in [2.24, 2.45) is 0 Å². The van der Waals surface area contributed by atoms with Gasteiger partial charge in [-0.25, -0.2) is 0 Å². The highest BCUT2D eigenvalue weighted by Gasteiger charge is 2.36. The Hall–Kier alpha value is -3.02. The lowest BCUT2D eigenvalue weighted by Gasteiger charge is -2.32. The molecule has 0 unspecified atom stereocenters. The summed E-state index contributed by atoms with van der Waals surface area (Å²) in [6, 6.07) is 12.8. The number of anilines is 2. The summed E-state index contributed by atoms with van der Waals surface area (Å²) in [6.45, 7) is 5.32. The molecule has 0 bridgehead atoms. The van der Waals surface area contributed by atoms with Crippen molar-refractivity contribution in [3.05, 3.63) is 48.0 Å². The number of carbonyl (C=O) groups excluding carboxylic acids is 2. The largest absolute Gasteiger partial charge is 0.484 e. The average molecular weight is 354 g/mol. The highest BCUT2D eigenvalue weighted by molar-refractivity contribution is 6.06. The van der Waals surface area contributed by atoms with E-state index in [0.29, 0.717) is 22.9 Å². The van der Waals surface area contributed by atoms with Gasteiger partial charge >= 0.3 is 0 Å². The van der Waals surface area contributed by atoms with Crippen LogP contribution in [0.5, 0.6) is 11.5 Å². The second-order valence-electron chi connectivity index (χ2n) is 6.58. The molecule has 0 saturated carbocycles. The summed E-state index contributed by atoms with van der Waals surface area (Å²) in [4.78, 5) is 24.3. The Labute approximate surface area is 152 Å². The van der Waals surface area contributed by atoms with E-state index < -0.39 is 5.60 Å². The molecule has 6 nitrogen and oxygen atoms in total. The van der Waals surface area contributed by atoms with Gasteiger partial charge in [0.1, 0.15) is 17.2 Å². The van der Waals surface area contributed by atoms with Crippen LogP contribution in [0.15, 0.2) is 42.5 Å². The zero-order valence-electron chi connectivity index (χ0n) is 15.1. The summed E-state index contributed by atoms with van der Waals surface area (Å²) < 4.78 is 11.2. The number of benzene rings is 2. The van der Waals surface area contributed by atoms with E-state index in [4.69, 9.17) is 9.47 Å². The number of para-hydroxylation sites is 1. The molecule has 0 aromatic heterocycles. The summed E-state index contributed by atoms with van der Waals surface area (Å²) in [6.07, 6.45) is 0.949. The zero-order chi connectivity index (χ0) is 18.7. The predicted molar refractivity (Wildman–Crippen MR) is 99.7 cm³/mol. The van der Waals surface area contributed by atoms with Crippen molar-refractivity contribution in [1.29, 1.82) is 0 Å². The number of rotatable bonds is 5. The van der Waals surface area contributed by atoms with Crippen LogP contribution in [0.2, 0.25) is 0 Å². The molecule has 136 valence electrons. The molecule has 6 heteroatoms. The van der Waals surface area contributed by atoms with Gasteiger partial charge in [0.05, 0.1) is 5.69 Å². The standard InChI is InChI=1S/C20H22N2O4/c1-4-13-8-10-14(11-9-13)25-12-17(23)21-15-6-5-7-16-18(15)22-19(24)20(2,3)26-16/h5-11H,4,12H2,1-3H3,(H,21,23)(H,22,24). The molecular weight excluding hydrogens is 332 g/mol. The summed E-state index contributed by atoms with van der Waals surface area (Å²) in [5.74, 6) is 0.560. The molecule has 0 spiro atoms. The maximum absolute atomic E-state index is 12.2. The third kappa shape index (κ3) is 3.79. The van der Waals surface area contributed by atoms with Crippen LogP contribution in [-0.4, -0.2) is 24.0 Å². The minimum absolute atomic E-state index is 0.130. The lowest BCUT2D eigenvalue weighted by molar-refractivity contribution is -0.129. The second kappa shape index (κ2) is 7.07. The van der Waals surface area contributed by atoms with E-state index in [1.165, 1.54) is 5.56 Å². The molecule has 0 radical (unpaired) electrons. The fourth-order valence-corrected chi connectivity index (χ4v) is 2.59. The van der Waals surface area contributed by atoms with Gasteiger partial charge in [-0.1, -0.05) is 25.1 Å². The molecule has 0 aliphatic carbocycles. The molecule has 0 saturated heterocycles. The summed E-state index contributed by atoms with van der Waals surface area (Å²) in [5, 5.41) is 5.54. The third-order valence-electron chi connectivity index (χ3n) is 4.15. The average Bonchev–Trinajstić information content (AvgIpc) is 2.62. The van der Waals surface area contributed by atoms with E-state index in [1.807, 2.05) is 24.3 Å². The number of nitrogens with one attached hydrogen (secondary N) is 2. The van der Waals surface area contributed by atoms with Crippen molar-refractivity contribution in [3.63, 3.8) is 0 Å². The van der Waals surface area contributed by atoms with E-state index in [2.05, 4.69) is 17.6 Å². The molecule has 1 aliphatic heterocycles. The van der Waals surface area contributed by atoms with Crippen molar-refractivity contribution in [2.45, 2.75) is 32.8 Å². The molecule has 2 N–H and O–H groups in total. The van der Waals surface area contributed by atoms with Crippen LogP contribution in [0.25, 0.3) is 0 Å². The van der Waals surface area contributed by atoms with E-state index in [9.17, 15) is 9.59 Å². The molecule has 3 rings (SSSR count). The van der Waals surface area contributed by atoms with Crippen molar-refractivity contribution < 1.29 is 19.1 Å². The normalized spacial score (nSPS) is 14.7. The van der Waals surface area contributed by atoms with Crippen molar-refractivity contribution >= 4 is 23.2 Å². The minimum atomic E-state index is -0.955. The van der Waals surface area contributed by atoms with Crippen molar-refractivity contribution in [2.75, 3.05) is 17.2 Å². The number of aryl methyl sites for hydroxylation is 1. The Bertz CT molecular complexity index is 828. The highest BCUT2D eigenvalue weighted by atomic mass is 16.5. The Morgan fingerprint density at radius 2 is 1.92 bits per heavy atom. The SMILES string of the molecule is CCc1ccc(OCC(=O)Nc2cccc3c2NC(=O)C(C)(C)O3)cc1. The Morgan fingerprint density at radius 1 is 1.19 bits per heavy atom. The predicted octanol–water partition coefficient (Wildman–Crippen LogP) is 3.38. The maximum Gasteiger partial charge on any atom is 0.268 e. The Kier molecular flexibility index (Phi) is 4.84. The van der Waals surface area contributed by atoms with Gasteiger partial charge in [-0.2, -0.15) is 0 Å². The van der Waals surface area contributed by atoms with Gasteiger partial charge in [0.15, 0.2) is 12.2 Å². The van der Waals surface area contributed by atoms with E-state index in [0.717, 1.165) is 6.42 Å². The lowest BCUT2D eigenvalue weighted by atomic mass is 10.1. The van der Waals surface area contributed by atoms with Crippen LogP contribution in [-0.2, 0) is 16.0 Å². The Balaban J connectivity index is 1.65. The van der Waals surface area contributed by atoms with Crippen LogP contribution in [0.1, 0.15) is 26.3 Å². The number of ether oxygens (including phenoxy) is 2. The minimum Gasteiger partial charge on any atom is -0.484 e. The van der Waals surface area contributed by atoms with E-state index in [-0.39, 0.29) is 18.4 Å². The summed E-state index contributed by atoms with van der Waals surface area (Å²) >= 11 is 0. The first kappa shape index (κ1) is 17.8. The van der Waals surface area contributed by atoms with Crippen LogP contribution in [0.4, 0.5) is 11.4 Å². The zero-order valence-corrected chi connectivity index (χ0v) is 15.1. The summed E-state index contributed by atoms with van der Waals surface area (Å²) in [5.41, 5.74) is 1.18. The molecule has 0 fully saturated rings. The first-order valence-corrected chi connectivity index (χ1v) is 8.54. The number of amides is 2. The fourth-order valence-electron chi connectivity index (χ4n) is 2.59. The van der Waals surface area contributed by atoms with Gasteiger partial charge in [-0.3, -0.25) is 9.59 Å². The van der Waals surface area contributed by atoms with Gasteiger partial charge < -0.3 is 20.1 Å². The second-order valence-corrected chi connectivity index (χ2v) is 6.58. The van der Waals surface area contributed by atoms with E-state index in [1.54, 1.807) is 32.0 Å². The van der Waals surface area contributed by atoms with Crippen LogP contribution in [0, 0.1) is 0 Å². The van der Waals surface area contributed by atoms with Gasteiger partial charge in [-0.05, 0) is 50.1 Å². The summed E-state index contributed by atoms with van der Waals surface area (Å²) in [7, 11) is 0. The molecule has 2 aromatic carbocycles. The maximum atomic E-state index is 12.2. The van der Waals surface area contributed by atoms with Crippen molar-refractivity contribution in [1.82, 2.24) is 0 Å². The van der Waals surface area contributed by atoms with E-state index >= 15 is 0 Å². The first-order chi connectivity index (χ1) is 12.4. The van der Waals surface area contributed by atoms with Gasteiger partial charge in [0.25, 0.3) is 11.8 Å². The molecule has 26 heavy (non-hydrogen) atoms. The molecule has 0 atom stereocenters. The third-order valence-corrected chi connectivity index (χ3v) is 4.15. The molecule has 2 amide bonds. The van der Waals surface area contributed by atoms with Crippen LogP contribution >= 0.6 is 0 Å². The molecule has 2 aromatic rings. The lowest BCUT2D eigenvalue weighted by Crippen LogP contribution is -2.45. The Morgan fingerprint density at radius 3 is 2.62 bits per heavy atom. The van der Waals surface area contributed by atoms with Crippen molar-refractivity contribution in [3.8, 4) is 11.5 Å². The van der Waals surface area contributed by atoms with Crippen LogP contribution < -0.4 is 20.1 Å². The topological polar surface area (TPSA) is 76.7 Å². The first-order valence-electron chi connectivity index (χ1n) is 8.54. The highest BCUT2D eigenvalue weighted by Crippen LogP contribution is 2.38. The van der Waals surface area contributed by atoms with Crippen LogP contribution in [0.3, 0.4) is 0 Å². The monoisotopic (exact) mass is 354 g/mol. The quantitative estimate of drug-likeness (QED) is 0.863.